The summed E-state index contributed by atoms with van der Waals surface area (Å²) in [4.78, 5) is 32.6. The quantitative estimate of drug-likeness (QED) is 0.148. The Labute approximate surface area is 288 Å². The van der Waals surface area contributed by atoms with Crippen molar-refractivity contribution in [2.24, 2.45) is 4.99 Å². The largest absolute Gasteiger partial charge is 0.493 e. The van der Waals surface area contributed by atoms with E-state index in [1.165, 1.54) is 15.9 Å². The van der Waals surface area contributed by atoms with E-state index < -0.39 is 12.0 Å². The molecule has 4 aromatic carbocycles. The van der Waals surface area contributed by atoms with E-state index in [0.29, 0.717) is 56.8 Å². The van der Waals surface area contributed by atoms with Crippen molar-refractivity contribution in [2.75, 3.05) is 20.8 Å². The number of carbonyl (C=O) groups excluding carboxylic acids is 1. The summed E-state index contributed by atoms with van der Waals surface area (Å²) in [6.45, 7) is 4.42. The number of fused-ring (bicyclic) bond motifs is 1. The molecule has 0 saturated heterocycles. The first-order valence-corrected chi connectivity index (χ1v) is 16.6. The second kappa shape index (κ2) is 15.1. The minimum absolute atomic E-state index is 0.176. The molecule has 1 aliphatic rings. The Hall–Kier alpha value is -5.61. The van der Waals surface area contributed by atoms with Crippen LogP contribution in [-0.2, 0) is 22.7 Å². The molecular weight excluding hydrogens is 641 g/mol. The summed E-state index contributed by atoms with van der Waals surface area (Å²) in [5.74, 6) is 1.65. The zero-order valence-corrected chi connectivity index (χ0v) is 28.5. The average molecular weight is 677 g/mol. The molecular formula is C39H36N2O7S. The zero-order valence-electron chi connectivity index (χ0n) is 27.7. The van der Waals surface area contributed by atoms with E-state index in [9.17, 15) is 9.59 Å². The van der Waals surface area contributed by atoms with Gasteiger partial charge in [-0.25, -0.2) is 9.79 Å². The molecule has 0 amide bonds. The number of hydrogen-bond donors (Lipinski definition) is 0. The molecule has 0 radical (unpaired) electrons. The van der Waals surface area contributed by atoms with Gasteiger partial charge in [0.05, 0.1) is 30.9 Å². The molecule has 2 heterocycles. The van der Waals surface area contributed by atoms with Crippen LogP contribution in [-0.4, -0.2) is 31.4 Å². The molecule has 250 valence electrons. The fraction of sp³-hybridized carbons (Fsp3) is 0.205. The van der Waals surface area contributed by atoms with Crippen LogP contribution in [0.4, 0.5) is 0 Å². The molecule has 0 spiro atoms. The monoisotopic (exact) mass is 676 g/mol. The van der Waals surface area contributed by atoms with Crippen molar-refractivity contribution >= 4 is 29.1 Å². The van der Waals surface area contributed by atoms with Gasteiger partial charge in [-0.15, -0.1) is 0 Å². The van der Waals surface area contributed by atoms with Gasteiger partial charge in [-0.05, 0) is 66.4 Å². The number of benzene rings is 4. The van der Waals surface area contributed by atoms with Gasteiger partial charge in [-0.1, -0.05) is 84.1 Å². The van der Waals surface area contributed by atoms with Crippen molar-refractivity contribution < 1.29 is 28.5 Å². The minimum atomic E-state index is -0.733. The average Bonchev–Trinajstić information content (AvgIpc) is 3.45. The Morgan fingerprint density at radius 1 is 0.816 bits per heavy atom. The Balaban J connectivity index is 1.35. The maximum atomic E-state index is 13.8. The fourth-order valence-corrected chi connectivity index (χ4v) is 6.59. The Bertz CT molecular complexity index is 2170. The number of methoxy groups -OCH3 is 2. The van der Waals surface area contributed by atoms with Crippen molar-refractivity contribution in [1.82, 2.24) is 4.57 Å². The van der Waals surface area contributed by atoms with E-state index >= 15 is 0 Å². The van der Waals surface area contributed by atoms with Gasteiger partial charge in [0.2, 0.25) is 0 Å². The highest BCUT2D eigenvalue weighted by molar-refractivity contribution is 7.07. The molecule has 0 saturated carbocycles. The number of thiazole rings is 1. The Morgan fingerprint density at radius 3 is 2.00 bits per heavy atom. The van der Waals surface area contributed by atoms with E-state index in [0.717, 1.165) is 16.7 Å². The van der Waals surface area contributed by atoms with Gasteiger partial charge in [0.15, 0.2) is 27.8 Å². The summed E-state index contributed by atoms with van der Waals surface area (Å²) in [6.07, 6.45) is 1.78. The molecule has 6 rings (SSSR count). The van der Waals surface area contributed by atoms with Crippen LogP contribution in [0.15, 0.2) is 112 Å². The van der Waals surface area contributed by atoms with Crippen LogP contribution in [0.25, 0.3) is 11.8 Å². The highest BCUT2D eigenvalue weighted by atomic mass is 32.1. The van der Waals surface area contributed by atoms with Crippen molar-refractivity contribution in [2.45, 2.75) is 33.1 Å². The second-order valence-corrected chi connectivity index (χ2v) is 12.2. The summed E-state index contributed by atoms with van der Waals surface area (Å²) in [6, 6.07) is 30.0. The van der Waals surface area contributed by atoms with Gasteiger partial charge >= 0.3 is 5.97 Å². The number of esters is 1. The lowest BCUT2D eigenvalue weighted by atomic mass is 9.96. The molecule has 5 aromatic rings. The molecule has 1 aliphatic heterocycles. The molecule has 49 heavy (non-hydrogen) atoms. The van der Waals surface area contributed by atoms with Crippen LogP contribution < -0.4 is 33.8 Å². The highest BCUT2D eigenvalue weighted by Gasteiger charge is 2.32. The first-order valence-electron chi connectivity index (χ1n) is 15.8. The van der Waals surface area contributed by atoms with Crippen molar-refractivity contribution in [3.8, 4) is 23.0 Å². The molecule has 10 heteroatoms. The molecule has 9 nitrogen and oxygen atoms in total. The summed E-state index contributed by atoms with van der Waals surface area (Å²) in [5, 5.41) is 0. The fourth-order valence-electron chi connectivity index (χ4n) is 5.55. The molecule has 0 fully saturated rings. The molecule has 1 aromatic heterocycles. The van der Waals surface area contributed by atoms with Gasteiger partial charge in [-0.2, -0.15) is 0 Å². The minimum Gasteiger partial charge on any atom is -0.493 e. The summed E-state index contributed by atoms with van der Waals surface area (Å²) < 4.78 is 30.7. The number of ether oxygens (including phenoxy) is 5. The number of nitrogens with zero attached hydrogens (tertiary/aromatic N) is 2. The van der Waals surface area contributed by atoms with E-state index in [1.807, 2.05) is 91.0 Å². The third-order valence-electron chi connectivity index (χ3n) is 8.00. The van der Waals surface area contributed by atoms with Crippen LogP contribution in [0, 0.1) is 0 Å². The SMILES string of the molecule is CCOC(=O)C1=C(C)n2c(s/c(=C\c3ccc(OCc4ccccc4)c(OC)c3)c2=O)=N[C@@H]1c1ccc(OCc2ccccc2)c(OC)c1. The highest BCUT2D eigenvalue weighted by Crippen LogP contribution is 2.37. The van der Waals surface area contributed by atoms with Crippen LogP contribution in [0.3, 0.4) is 0 Å². The summed E-state index contributed by atoms with van der Waals surface area (Å²) >= 11 is 1.24. The Morgan fingerprint density at radius 2 is 1.41 bits per heavy atom. The topological polar surface area (TPSA) is 97.6 Å². The molecule has 1 atom stereocenters. The smallest absolute Gasteiger partial charge is 0.338 e. The Kier molecular flexibility index (Phi) is 10.2. The number of rotatable bonds is 12. The number of hydrogen-bond acceptors (Lipinski definition) is 9. The van der Waals surface area contributed by atoms with Crippen molar-refractivity contribution in [3.05, 3.63) is 145 Å². The van der Waals surface area contributed by atoms with Crippen LogP contribution >= 0.6 is 11.3 Å². The van der Waals surface area contributed by atoms with Crippen LogP contribution in [0.5, 0.6) is 23.0 Å². The van der Waals surface area contributed by atoms with Crippen molar-refractivity contribution in [1.29, 1.82) is 0 Å². The van der Waals surface area contributed by atoms with E-state index in [1.54, 1.807) is 40.2 Å². The lowest BCUT2D eigenvalue weighted by Gasteiger charge is -2.23. The van der Waals surface area contributed by atoms with Gasteiger partial charge < -0.3 is 23.7 Å². The third-order valence-corrected chi connectivity index (χ3v) is 8.99. The molecule has 0 aliphatic carbocycles. The lowest BCUT2D eigenvalue weighted by molar-refractivity contribution is -0.138. The van der Waals surface area contributed by atoms with Crippen LogP contribution in [0.1, 0.15) is 42.1 Å². The predicted octanol–water partition coefficient (Wildman–Crippen LogP) is 6.08. The number of aromatic nitrogens is 1. The zero-order chi connectivity index (χ0) is 34.3. The predicted molar refractivity (Wildman–Crippen MR) is 189 cm³/mol. The standard InChI is InChI=1S/C39H36N2O7S/c1-5-46-38(43)35-25(2)41-37(42)34(21-28-16-18-30(32(20-28)44-3)47-23-26-12-8-6-9-13-26)49-39(41)40-36(35)29-17-19-31(33(22-29)45-4)48-24-27-14-10-7-11-15-27/h6-22,36H,5,23-24H2,1-4H3/b34-21-/t36-/m1/s1. The van der Waals surface area contributed by atoms with Crippen molar-refractivity contribution in [3.63, 3.8) is 0 Å². The molecule has 0 N–H and O–H groups in total. The van der Waals surface area contributed by atoms with Gasteiger partial charge in [0, 0.05) is 5.70 Å². The van der Waals surface area contributed by atoms with Crippen LogP contribution in [0.2, 0.25) is 0 Å². The van der Waals surface area contributed by atoms with E-state index in [4.69, 9.17) is 28.7 Å². The van der Waals surface area contributed by atoms with E-state index in [2.05, 4.69) is 0 Å². The van der Waals surface area contributed by atoms with Gasteiger partial charge in [0.1, 0.15) is 19.3 Å². The third kappa shape index (κ3) is 7.29. The first kappa shape index (κ1) is 33.3. The number of carbonyl (C=O) groups is 1. The van der Waals surface area contributed by atoms with Gasteiger partial charge in [-0.3, -0.25) is 9.36 Å². The maximum absolute atomic E-state index is 13.8. The lowest BCUT2D eigenvalue weighted by Crippen LogP contribution is -2.35. The molecule has 0 bridgehead atoms. The first-order chi connectivity index (χ1) is 23.9. The van der Waals surface area contributed by atoms with Gasteiger partial charge in [0.25, 0.3) is 5.56 Å². The molecule has 0 unspecified atom stereocenters. The number of allylic oxidation sites excluding steroid dienone is 1. The van der Waals surface area contributed by atoms with E-state index in [-0.39, 0.29) is 17.7 Å². The normalized spacial score (nSPS) is 14.1. The summed E-state index contributed by atoms with van der Waals surface area (Å²) in [5.41, 5.74) is 3.96. The second-order valence-electron chi connectivity index (χ2n) is 11.2. The maximum Gasteiger partial charge on any atom is 0.338 e. The summed E-state index contributed by atoms with van der Waals surface area (Å²) in [7, 11) is 3.14.